The van der Waals surface area contributed by atoms with Crippen molar-refractivity contribution in [1.82, 2.24) is 4.90 Å². The highest BCUT2D eigenvalue weighted by Gasteiger charge is 2.59. The molecule has 2 amide bonds. The molecule has 6 heteroatoms. The van der Waals surface area contributed by atoms with Gasteiger partial charge in [0.15, 0.2) is 4.87 Å². The Kier molecular flexibility index (Phi) is 5.05. The van der Waals surface area contributed by atoms with Gasteiger partial charge in [-0.15, -0.1) is 11.8 Å². The number of amides is 2. The second-order valence-corrected chi connectivity index (χ2v) is 9.64. The van der Waals surface area contributed by atoms with Gasteiger partial charge in [0, 0.05) is 23.4 Å². The van der Waals surface area contributed by atoms with E-state index >= 15 is 0 Å². The van der Waals surface area contributed by atoms with E-state index in [-0.39, 0.29) is 24.2 Å². The van der Waals surface area contributed by atoms with Crippen LogP contribution in [0, 0.1) is 19.7 Å². The van der Waals surface area contributed by atoms with Gasteiger partial charge in [-0.2, -0.15) is 0 Å². The lowest BCUT2D eigenvalue weighted by molar-refractivity contribution is -0.123. The summed E-state index contributed by atoms with van der Waals surface area (Å²) in [7, 11) is 0. The number of carbonyl (C=O) groups is 2. The summed E-state index contributed by atoms with van der Waals surface area (Å²) in [4.78, 5) is 29.9. The molecule has 0 saturated carbocycles. The van der Waals surface area contributed by atoms with Gasteiger partial charge in [0.1, 0.15) is 5.82 Å². The number of fused-ring (bicyclic) bond motifs is 2. The summed E-state index contributed by atoms with van der Waals surface area (Å²) < 4.78 is 13.8. The lowest BCUT2D eigenvalue weighted by atomic mass is 10.0. The number of anilines is 1. The van der Waals surface area contributed by atoms with E-state index in [0.29, 0.717) is 23.4 Å². The first kappa shape index (κ1) is 20.8. The van der Waals surface area contributed by atoms with E-state index in [9.17, 15) is 14.0 Å². The van der Waals surface area contributed by atoms with Crippen molar-refractivity contribution >= 4 is 29.3 Å². The molecule has 1 spiro atoms. The van der Waals surface area contributed by atoms with Crippen LogP contribution in [0.1, 0.15) is 32.6 Å². The van der Waals surface area contributed by atoms with Crippen LogP contribution in [0.5, 0.6) is 0 Å². The van der Waals surface area contributed by atoms with Gasteiger partial charge in [0.2, 0.25) is 0 Å². The fourth-order valence-electron chi connectivity index (χ4n) is 4.56. The average molecular weight is 447 g/mol. The molecule has 2 aliphatic rings. The van der Waals surface area contributed by atoms with Gasteiger partial charge in [-0.05, 0) is 49.7 Å². The maximum atomic E-state index is 14.0. The van der Waals surface area contributed by atoms with Crippen molar-refractivity contribution in [3.05, 3.63) is 100 Å². The van der Waals surface area contributed by atoms with E-state index in [0.717, 1.165) is 22.4 Å². The highest BCUT2D eigenvalue weighted by Crippen LogP contribution is 2.55. The minimum absolute atomic E-state index is 0.148. The lowest BCUT2D eigenvalue weighted by Crippen LogP contribution is -2.50. The number of hydrogen-bond acceptors (Lipinski definition) is 3. The Morgan fingerprint density at radius 3 is 2.53 bits per heavy atom. The number of aryl methyl sites for hydroxylation is 2. The second-order valence-electron chi connectivity index (χ2n) is 8.36. The Morgan fingerprint density at radius 1 is 1.03 bits per heavy atom. The van der Waals surface area contributed by atoms with Crippen LogP contribution in [-0.2, 0) is 16.2 Å². The number of benzene rings is 3. The summed E-state index contributed by atoms with van der Waals surface area (Å²) in [6.45, 7) is 4.70. The second kappa shape index (κ2) is 7.78. The molecule has 2 aliphatic heterocycles. The summed E-state index contributed by atoms with van der Waals surface area (Å²) in [6, 6.07) is 19.7. The molecular formula is C26H23FN2O2S. The van der Waals surface area contributed by atoms with Crippen LogP contribution in [-0.4, -0.2) is 29.0 Å². The number of nitrogens with zero attached hydrogens (tertiary/aromatic N) is 2. The molecule has 3 aromatic carbocycles. The number of thioether (sulfide) groups is 1. The number of rotatable bonds is 3. The Bertz CT molecular complexity index is 1230. The fourth-order valence-corrected chi connectivity index (χ4v) is 6.01. The van der Waals surface area contributed by atoms with Crippen LogP contribution in [0.25, 0.3) is 0 Å². The SMILES string of the molecule is Cc1ccc(C(=O)N2CCSC23C(=O)N(Cc2cccc(F)c2)c2ccc(C)cc23)cc1. The Balaban J connectivity index is 1.59. The third-order valence-corrected chi connectivity index (χ3v) is 7.54. The van der Waals surface area contributed by atoms with Crippen LogP contribution >= 0.6 is 11.8 Å². The number of carbonyl (C=O) groups excluding carboxylic acids is 2. The van der Waals surface area contributed by atoms with Gasteiger partial charge in [-0.3, -0.25) is 9.59 Å². The molecule has 0 aliphatic carbocycles. The predicted molar refractivity (Wildman–Crippen MR) is 125 cm³/mol. The van der Waals surface area contributed by atoms with Crippen LogP contribution < -0.4 is 4.90 Å². The summed E-state index contributed by atoms with van der Waals surface area (Å²) in [6.07, 6.45) is 0. The molecule has 1 atom stereocenters. The molecule has 0 N–H and O–H groups in total. The van der Waals surface area contributed by atoms with Gasteiger partial charge < -0.3 is 9.80 Å². The quantitative estimate of drug-likeness (QED) is 0.567. The standard InChI is InChI=1S/C26H23FN2O2S/c1-17-6-9-20(10-7-17)24(30)29-12-13-32-26(29)22-14-18(2)8-11-23(22)28(25(26)31)16-19-4-3-5-21(27)15-19/h3-11,14-15H,12-13,16H2,1-2H3. The number of hydrogen-bond donors (Lipinski definition) is 0. The van der Waals surface area contributed by atoms with Crippen molar-refractivity contribution in [3.8, 4) is 0 Å². The third-order valence-electron chi connectivity index (χ3n) is 6.12. The van der Waals surface area contributed by atoms with Gasteiger partial charge in [-0.1, -0.05) is 47.5 Å². The van der Waals surface area contributed by atoms with Crippen LogP contribution in [0.15, 0.2) is 66.7 Å². The van der Waals surface area contributed by atoms with E-state index in [2.05, 4.69) is 0 Å². The Morgan fingerprint density at radius 2 is 1.78 bits per heavy atom. The monoisotopic (exact) mass is 446 g/mol. The zero-order valence-corrected chi connectivity index (χ0v) is 18.8. The van der Waals surface area contributed by atoms with E-state index in [4.69, 9.17) is 0 Å². The summed E-state index contributed by atoms with van der Waals surface area (Å²) in [5.41, 5.74) is 5.00. The average Bonchev–Trinajstić information content (AvgIpc) is 3.31. The normalized spacial score (nSPS) is 19.7. The molecule has 3 aromatic rings. The summed E-state index contributed by atoms with van der Waals surface area (Å²) in [5.74, 6) is 0.0398. The Hall–Kier alpha value is -3.12. The molecule has 0 bridgehead atoms. The minimum Gasteiger partial charge on any atom is -0.311 e. The molecule has 1 saturated heterocycles. The highest BCUT2D eigenvalue weighted by atomic mass is 32.2. The molecule has 4 nitrogen and oxygen atoms in total. The van der Waals surface area contributed by atoms with Gasteiger partial charge in [0.25, 0.3) is 11.8 Å². The molecular weight excluding hydrogens is 423 g/mol. The Labute approximate surface area is 191 Å². The third kappa shape index (κ3) is 3.21. The predicted octanol–water partition coefficient (Wildman–Crippen LogP) is 5.03. The van der Waals surface area contributed by atoms with Crippen molar-refractivity contribution in [3.63, 3.8) is 0 Å². The molecule has 1 fully saturated rings. The lowest BCUT2D eigenvalue weighted by Gasteiger charge is -2.33. The van der Waals surface area contributed by atoms with Gasteiger partial charge in [0.05, 0.1) is 12.2 Å². The highest BCUT2D eigenvalue weighted by molar-refractivity contribution is 8.01. The van der Waals surface area contributed by atoms with Crippen LogP contribution in [0.3, 0.4) is 0 Å². The zero-order valence-electron chi connectivity index (χ0n) is 18.0. The first-order chi connectivity index (χ1) is 15.4. The van der Waals surface area contributed by atoms with Gasteiger partial charge in [-0.25, -0.2) is 4.39 Å². The van der Waals surface area contributed by atoms with E-state index < -0.39 is 4.87 Å². The molecule has 32 heavy (non-hydrogen) atoms. The first-order valence-electron chi connectivity index (χ1n) is 10.6. The van der Waals surface area contributed by atoms with Crippen molar-refractivity contribution in [2.75, 3.05) is 17.2 Å². The van der Waals surface area contributed by atoms with Crippen molar-refractivity contribution in [1.29, 1.82) is 0 Å². The summed E-state index contributed by atoms with van der Waals surface area (Å²) >= 11 is 1.50. The molecule has 2 heterocycles. The molecule has 0 aromatic heterocycles. The molecule has 5 rings (SSSR count). The largest absolute Gasteiger partial charge is 0.311 e. The molecule has 1 unspecified atom stereocenters. The molecule has 162 valence electrons. The van der Waals surface area contributed by atoms with Gasteiger partial charge >= 0.3 is 0 Å². The smallest absolute Gasteiger partial charge is 0.268 e. The van der Waals surface area contributed by atoms with E-state index in [1.165, 1.54) is 23.9 Å². The van der Waals surface area contributed by atoms with Crippen molar-refractivity contribution < 1.29 is 14.0 Å². The molecule has 0 radical (unpaired) electrons. The van der Waals surface area contributed by atoms with Crippen molar-refractivity contribution in [2.24, 2.45) is 0 Å². The number of halogens is 1. The van der Waals surface area contributed by atoms with E-state index in [1.54, 1.807) is 15.9 Å². The van der Waals surface area contributed by atoms with Crippen LogP contribution in [0.4, 0.5) is 10.1 Å². The summed E-state index contributed by atoms with van der Waals surface area (Å²) in [5, 5.41) is 0. The zero-order chi connectivity index (χ0) is 22.5. The maximum absolute atomic E-state index is 14.0. The first-order valence-corrected chi connectivity index (χ1v) is 11.6. The van der Waals surface area contributed by atoms with Crippen molar-refractivity contribution in [2.45, 2.75) is 25.3 Å². The van der Waals surface area contributed by atoms with E-state index in [1.807, 2.05) is 62.4 Å². The topological polar surface area (TPSA) is 40.6 Å². The fraction of sp³-hybridized carbons (Fsp3) is 0.231. The maximum Gasteiger partial charge on any atom is 0.268 e. The van der Waals surface area contributed by atoms with Crippen LogP contribution in [0.2, 0.25) is 0 Å². The minimum atomic E-state index is -1.10.